The molecule has 3 N–H and O–H groups in total. The maximum Gasteiger partial charge on any atom is 0.299 e. The fourth-order valence-corrected chi connectivity index (χ4v) is 4.73. The minimum atomic E-state index is -0.259. The van der Waals surface area contributed by atoms with E-state index < -0.39 is 0 Å². The number of rotatable bonds is 5. The first-order valence-corrected chi connectivity index (χ1v) is 13.4. The lowest BCUT2D eigenvalue weighted by Crippen LogP contribution is -2.30. The molecular weight excluding hydrogens is 581 g/mol. The smallest absolute Gasteiger partial charge is 0.299 e. The number of alkyl halides is 1. The van der Waals surface area contributed by atoms with Gasteiger partial charge in [0.2, 0.25) is 0 Å². The van der Waals surface area contributed by atoms with Crippen molar-refractivity contribution in [2.24, 2.45) is 0 Å². The van der Waals surface area contributed by atoms with E-state index in [2.05, 4.69) is 49.7 Å². The van der Waals surface area contributed by atoms with Gasteiger partial charge in [-0.05, 0) is 43.0 Å². The van der Waals surface area contributed by atoms with Crippen LogP contribution in [0.2, 0.25) is 0 Å². The molecule has 1 atom stereocenters. The molecule has 2 amide bonds. The van der Waals surface area contributed by atoms with Gasteiger partial charge in [-0.3, -0.25) is 14.0 Å². The number of pyridine rings is 1. The number of nitrogen functional groups attached to an aromatic ring is 1. The first-order chi connectivity index (χ1) is 18.1. The third kappa shape index (κ3) is 5.13. The summed E-state index contributed by atoms with van der Waals surface area (Å²) in [5.41, 5.74) is 8.89. The summed E-state index contributed by atoms with van der Waals surface area (Å²) in [6.07, 6.45) is 7.40. The lowest BCUT2D eigenvalue weighted by molar-refractivity contribution is -0.126. The highest BCUT2D eigenvalue weighted by Gasteiger charge is 2.33. The molecule has 9 nitrogen and oxygen atoms in total. The van der Waals surface area contributed by atoms with Crippen LogP contribution < -0.4 is 11.1 Å². The molecule has 10 heteroatoms. The second kappa shape index (κ2) is 11.0. The van der Waals surface area contributed by atoms with E-state index in [9.17, 15) is 9.59 Å². The quantitative estimate of drug-likeness (QED) is 0.201. The van der Waals surface area contributed by atoms with Crippen LogP contribution >= 0.6 is 22.6 Å². The highest BCUT2D eigenvalue weighted by atomic mass is 127. The van der Waals surface area contributed by atoms with Crippen LogP contribution in [0.3, 0.4) is 0 Å². The number of imidazole rings is 1. The minimum absolute atomic E-state index is 0.184. The molecule has 1 aliphatic rings. The summed E-state index contributed by atoms with van der Waals surface area (Å²) < 4.78 is 2.79. The van der Waals surface area contributed by atoms with E-state index in [0.29, 0.717) is 41.4 Å². The number of hydrogen-bond donors (Lipinski definition) is 2. The number of amides is 2. The summed E-state index contributed by atoms with van der Waals surface area (Å²) in [6.45, 7) is 0.632. The van der Waals surface area contributed by atoms with Gasteiger partial charge in [0, 0.05) is 47.1 Å². The van der Waals surface area contributed by atoms with Crippen LogP contribution in [-0.4, -0.2) is 47.0 Å². The fourth-order valence-electron chi connectivity index (χ4n) is 4.46. The molecule has 186 valence electrons. The predicted molar refractivity (Wildman–Crippen MR) is 150 cm³/mol. The molecular formula is C27H24IN7O2. The van der Waals surface area contributed by atoms with Crippen LogP contribution in [0.4, 0.5) is 11.6 Å². The molecule has 0 radical (unpaired) electrons. The predicted octanol–water partition coefficient (Wildman–Crippen LogP) is 4.12. The molecule has 4 heterocycles. The molecule has 0 spiro atoms. The van der Waals surface area contributed by atoms with Crippen LogP contribution in [0.15, 0.2) is 61.1 Å². The molecule has 0 bridgehead atoms. The van der Waals surface area contributed by atoms with E-state index in [4.69, 9.17) is 10.7 Å². The zero-order valence-corrected chi connectivity index (χ0v) is 22.1. The van der Waals surface area contributed by atoms with Gasteiger partial charge in [-0.25, -0.2) is 15.0 Å². The van der Waals surface area contributed by atoms with Crippen molar-refractivity contribution in [3.8, 4) is 23.1 Å². The maximum atomic E-state index is 12.8. The number of aromatic nitrogens is 4. The SMILES string of the molecule is Nc1nccn2c([C@@H]3CCCN3C(=O)C#CCCI)nc(-c3ccc(C(=O)Nc4ccccn4)cc3)c12. The largest absolute Gasteiger partial charge is 0.382 e. The van der Waals surface area contributed by atoms with E-state index in [1.807, 2.05) is 28.8 Å². The highest BCUT2D eigenvalue weighted by Crippen LogP contribution is 2.36. The van der Waals surface area contributed by atoms with E-state index >= 15 is 0 Å². The number of nitrogens with one attached hydrogen (secondary N) is 1. The Morgan fingerprint density at radius 3 is 2.73 bits per heavy atom. The van der Waals surface area contributed by atoms with Crippen molar-refractivity contribution in [1.29, 1.82) is 0 Å². The average molecular weight is 605 g/mol. The second-order valence-electron chi connectivity index (χ2n) is 8.49. The Labute approximate surface area is 227 Å². The Bertz CT molecular complexity index is 1510. The van der Waals surface area contributed by atoms with Crippen LogP contribution in [0.1, 0.15) is 41.5 Å². The molecule has 1 fully saturated rings. The zero-order chi connectivity index (χ0) is 25.8. The van der Waals surface area contributed by atoms with Crippen LogP contribution in [-0.2, 0) is 4.79 Å². The van der Waals surface area contributed by atoms with Crippen molar-refractivity contribution in [2.75, 3.05) is 22.0 Å². The zero-order valence-electron chi connectivity index (χ0n) is 19.9. The van der Waals surface area contributed by atoms with Crippen LogP contribution in [0.25, 0.3) is 16.8 Å². The van der Waals surface area contributed by atoms with Gasteiger partial charge < -0.3 is 16.0 Å². The van der Waals surface area contributed by atoms with Gasteiger partial charge in [-0.2, -0.15) is 0 Å². The number of likely N-dealkylation sites (tertiary alicyclic amines) is 1. The molecule has 3 aromatic heterocycles. The van der Waals surface area contributed by atoms with Gasteiger partial charge in [-0.15, -0.1) is 0 Å². The normalized spacial score (nSPS) is 14.8. The number of carbonyl (C=O) groups excluding carboxylic acids is 2. The molecule has 5 rings (SSSR count). The Balaban J connectivity index is 1.48. The molecule has 0 saturated carbocycles. The number of halogens is 1. The standard InChI is InChI=1S/C27H24IN7O2/c28-13-3-1-8-22(36)34-16-5-6-20(34)26-33-23(24-25(29)31-15-17-35(24)26)18-9-11-19(12-10-18)27(37)32-21-7-2-4-14-30-21/h2,4,7,9-12,14-15,17,20H,3,5-6,13,16H2,(H2,29,31)(H,30,32,37)/t20-/m0/s1. The summed E-state index contributed by atoms with van der Waals surface area (Å²) in [7, 11) is 0. The number of fused-ring (bicyclic) bond motifs is 1. The van der Waals surface area contributed by atoms with Gasteiger partial charge in [0.15, 0.2) is 0 Å². The fraction of sp³-hybridized carbons (Fsp3) is 0.222. The van der Waals surface area contributed by atoms with Crippen molar-refractivity contribution in [2.45, 2.75) is 25.3 Å². The van der Waals surface area contributed by atoms with Crippen molar-refractivity contribution < 1.29 is 9.59 Å². The monoisotopic (exact) mass is 605 g/mol. The van der Waals surface area contributed by atoms with E-state index in [1.165, 1.54) is 0 Å². The number of benzene rings is 1. The highest BCUT2D eigenvalue weighted by molar-refractivity contribution is 14.1. The molecule has 1 aromatic carbocycles. The number of nitrogens with two attached hydrogens (primary N) is 1. The van der Waals surface area contributed by atoms with Crippen molar-refractivity contribution in [3.63, 3.8) is 0 Å². The van der Waals surface area contributed by atoms with Gasteiger partial charge in [0.05, 0.1) is 6.04 Å². The summed E-state index contributed by atoms with van der Waals surface area (Å²) in [6, 6.07) is 12.2. The molecule has 0 unspecified atom stereocenters. The first kappa shape index (κ1) is 24.7. The summed E-state index contributed by atoms with van der Waals surface area (Å²) in [5, 5.41) is 2.78. The summed E-state index contributed by atoms with van der Waals surface area (Å²) >= 11 is 2.24. The molecule has 0 aliphatic carbocycles. The van der Waals surface area contributed by atoms with Crippen molar-refractivity contribution in [1.82, 2.24) is 24.3 Å². The van der Waals surface area contributed by atoms with Gasteiger partial charge in [0.1, 0.15) is 28.7 Å². The Morgan fingerprint density at radius 1 is 1.14 bits per heavy atom. The maximum absolute atomic E-state index is 12.8. The van der Waals surface area contributed by atoms with Crippen molar-refractivity contribution in [3.05, 3.63) is 72.4 Å². The average Bonchev–Trinajstić information content (AvgIpc) is 3.55. The van der Waals surface area contributed by atoms with Crippen LogP contribution in [0.5, 0.6) is 0 Å². The number of nitrogens with zero attached hydrogens (tertiary/aromatic N) is 5. The summed E-state index contributed by atoms with van der Waals surface area (Å²) in [4.78, 5) is 40.7. The first-order valence-electron chi connectivity index (χ1n) is 11.9. The lowest BCUT2D eigenvalue weighted by Gasteiger charge is -2.21. The van der Waals surface area contributed by atoms with Gasteiger partial charge >= 0.3 is 0 Å². The van der Waals surface area contributed by atoms with Crippen molar-refractivity contribution >= 4 is 51.6 Å². The Morgan fingerprint density at radius 2 is 1.97 bits per heavy atom. The lowest BCUT2D eigenvalue weighted by atomic mass is 10.1. The Hall–Kier alpha value is -3.98. The molecule has 37 heavy (non-hydrogen) atoms. The third-order valence-corrected chi connectivity index (χ3v) is 6.70. The molecule has 1 aliphatic heterocycles. The number of anilines is 2. The summed E-state index contributed by atoms with van der Waals surface area (Å²) in [5.74, 6) is 6.82. The van der Waals surface area contributed by atoms with Gasteiger partial charge in [0.25, 0.3) is 11.8 Å². The second-order valence-corrected chi connectivity index (χ2v) is 9.57. The topological polar surface area (TPSA) is 119 Å². The number of hydrogen-bond acceptors (Lipinski definition) is 6. The van der Waals surface area contributed by atoms with Crippen LogP contribution in [0, 0.1) is 11.8 Å². The van der Waals surface area contributed by atoms with E-state index in [0.717, 1.165) is 28.7 Å². The van der Waals surface area contributed by atoms with Gasteiger partial charge in [-0.1, -0.05) is 46.7 Å². The third-order valence-electron chi connectivity index (χ3n) is 6.16. The number of carbonyl (C=O) groups is 2. The minimum Gasteiger partial charge on any atom is -0.382 e. The molecule has 1 saturated heterocycles. The Kier molecular flexibility index (Phi) is 7.32. The molecule has 4 aromatic rings. The van der Waals surface area contributed by atoms with E-state index in [1.54, 1.807) is 41.6 Å². The van der Waals surface area contributed by atoms with E-state index in [-0.39, 0.29) is 17.9 Å².